The van der Waals surface area contributed by atoms with E-state index in [1.165, 1.54) is 12.0 Å². The molecule has 3 heteroatoms. The molecular weight excluding hydrogens is 236 g/mol. The number of benzene rings is 1. The molecule has 1 fully saturated rings. The molecule has 2 rings (SSSR count). The fraction of sp³-hybridized carbons (Fsp3) is 0.562. The van der Waals surface area contributed by atoms with Gasteiger partial charge in [-0.2, -0.15) is 0 Å². The van der Waals surface area contributed by atoms with E-state index >= 15 is 0 Å². The van der Waals surface area contributed by atoms with Gasteiger partial charge in [-0.05, 0) is 37.8 Å². The van der Waals surface area contributed by atoms with E-state index in [1.54, 1.807) is 0 Å². The number of amides is 1. The fourth-order valence-corrected chi connectivity index (χ4v) is 3.24. The normalized spacial score (nSPS) is 26.9. The van der Waals surface area contributed by atoms with Crippen molar-refractivity contribution in [3.63, 3.8) is 0 Å². The first-order valence-corrected chi connectivity index (χ1v) is 7.23. The molecule has 1 saturated carbocycles. The number of primary amides is 1. The maximum atomic E-state index is 12.1. The molecule has 2 unspecified atom stereocenters. The molecule has 1 aromatic carbocycles. The minimum atomic E-state index is -0.567. The van der Waals surface area contributed by atoms with Crippen molar-refractivity contribution in [3.05, 3.63) is 29.8 Å². The van der Waals surface area contributed by atoms with Crippen molar-refractivity contribution in [1.29, 1.82) is 0 Å². The summed E-state index contributed by atoms with van der Waals surface area (Å²) in [5.41, 5.74) is 7.38. The summed E-state index contributed by atoms with van der Waals surface area (Å²) in [5.74, 6) is 0.125. The van der Waals surface area contributed by atoms with Gasteiger partial charge in [0.2, 0.25) is 5.91 Å². The standard InChI is InChI=1S/C16H24N2O/c1-3-13-6-4-5-11-16(13,15(17)19)18-14-9-7-12(2)8-10-14/h7-10,13,18H,3-6,11H2,1-2H3,(H2,17,19). The number of anilines is 1. The molecule has 0 bridgehead atoms. The predicted octanol–water partition coefficient (Wildman–Crippen LogP) is 3.23. The van der Waals surface area contributed by atoms with Gasteiger partial charge in [0.1, 0.15) is 5.54 Å². The summed E-state index contributed by atoms with van der Waals surface area (Å²) in [5, 5.41) is 3.45. The molecule has 2 atom stereocenters. The van der Waals surface area contributed by atoms with Crippen LogP contribution in [0.1, 0.15) is 44.6 Å². The Hall–Kier alpha value is -1.51. The van der Waals surface area contributed by atoms with E-state index in [1.807, 2.05) is 12.1 Å². The molecule has 0 spiro atoms. The number of aryl methyl sites for hydroxylation is 1. The Morgan fingerprint density at radius 3 is 2.63 bits per heavy atom. The Kier molecular flexibility index (Phi) is 4.13. The van der Waals surface area contributed by atoms with Gasteiger partial charge in [-0.1, -0.05) is 43.9 Å². The molecule has 1 aromatic rings. The van der Waals surface area contributed by atoms with Crippen LogP contribution in [0.2, 0.25) is 0 Å². The van der Waals surface area contributed by atoms with E-state index in [-0.39, 0.29) is 5.91 Å². The number of hydrogen-bond donors (Lipinski definition) is 2. The molecule has 3 nitrogen and oxygen atoms in total. The van der Waals surface area contributed by atoms with Crippen molar-refractivity contribution in [1.82, 2.24) is 0 Å². The molecule has 1 amide bonds. The summed E-state index contributed by atoms with van der Waals surface area (Å²) in [6, 6.07) is 8.17. The zero-order valence-corrected chi connectivity index (χ0v) is 11.9. The van der Waals surface area contributed by atoms with Crippen LogP contribution < -0.4 is 11.1 Å². The summed E-state index contributed by atoms with van der Waals surface area (Å²) in [7, 11) is 0. The van der Waals surface area contributed by atoms with E-state index < -0.39 is 5.54 Å². The van der Waals surface area contributed by atoms with Gasteiger partial charge >= 0.3 is 0 Å². The highest BCUT2D eigenvalue weighted by Gasteiger charge is 2.44. The van der Waals surface area contributed by atoms with Gasteiger partial charge in [0.25, 0.3) is 0 Å². The Morgan fingerprint density at radius 2 is 2.05 bits per heavy atom. The van der Waals surface area contributed by atoms with Crippen molar-refractivity contribution < 1.29 is 4.79 Å². The monoisotopic (exact) mass is 260 g/mol. The maximum absolute atomic E-state index is 12.1. The molecule has 0 aliphatic heterocycles. The first kappa shape index (κ1) is 13.9. The molecule has 3 N–H and O–H groups in total. The first-order chi connectivity index (χ1) is 9.08. The number of nitrogens with two attached hydrogens (primary N) is 1. The number of hydrogen-bond acceptors (Lipinski definition) is 2. The smallest absolute Gasteiger partial charge is 0.243 e. The molecule has 0 radical (unpaired) electrons. The van der Waals surface area contributed by atoms with Crippen LogP contribution in [-0.2, 0) is 4.79 Å². The molecule has 0 aromatic heterocycles. The largest absolute Gasteiger partial charge is 0.371 e. The molecule has 0 heterocycles. The van der Waals surface area contributed by atoms with Crippen LogP contribution in [-0.4, -0.2) is 11.4 Å². The van der Waals surface area contributed by atoms with Crippen LogP contribution in [0, 0.1) is 12.8 Å². The van der Waals surface area contributed by atoms with Gasteiger partial charge in [-0.25, -0.2) is 0 Å². The van der Waals surface area contributed by atoms with Gasteiger partial charge < -0.3 is 11.1 Å². The van der Waals surface area contributed by atoms with Gasteiger partial charge in [-0.3, -0.25) is 4.79 Å². The van der Waals surface area contributed by atoms with Gasteiger partial charge in [0.05, 0.1) is 0 Å². The highest BCUT2D eigenvalue weighted by molar-refractivity contribution is 5.88. The summed E-state index contributed by atoms with van der Waals surface area (Å²) < 4.78 is 0. The number of rotatable bonds is 4. The molecule has 0 saturated heterocycles. The van der Waals surface area contributed by atoms with Gasteiger partial charge in [-0.15, -0.1) is 0 Å². The summed E-state index contributed by atoms with van der Waals surface area (Å²) in [4.78, 5) is 12.1. The van der Waals surface area contributed by atoms with Crippen molar-refractivity contribution in [2.75, 3.05) is 5.32 Å². The zero-order chi connectivity index (χ0) is 13.9. The Balaban J connectivity index is 2.28. The van der Waals surface area contributed by atoms with Crippen molar-refractivity contribution in [2.24, 2.45) is 11.7 Å². The summed E-state index contributed by atoms with van der Waals surface area (Å²) >= 11 is 0. The lowest BCUT2D eigenvalue weighted by molar-refractivity contribution is -0.125. The zero-order valence-electron chi connectivity index (χ0n) is 11.9. The average Bonchev–Trinajstić information content (AvgIpc) is 2.41. The molecule has 1 aliphatic rings. The lowest BCUT2D eigenvalue weighted by Crippen LogP contribution is -2.57. The van der Waals surface area contributed by atoms with Crippen LogP contribution >= 0.6 is 0 Å². The second-order valence-electron chi connectivity index (χ2n) is 5.68. The Morgan fingerprint density at radius 1 is 1.37 bits per heavy atom. The van der Waals surface area contributed by atoms with Crippen LogP contribution in [0.5, 0.6) is 0 Å². The van der Waals surface area contributed by atoms with Crippen molar-refractivity contribution in [2.45, 2.75) is 51.5 Å². The van der Waals surface area contributed by atoms with E-state index in [9.17, 15) is 4.79 Å². The third-order valence-corrected chi connectivity index (χ3v) is 4.42. The topological polar surface area (TPSA) is 55.1 Å². The molecule has 104 valence electrons. The Labute approximate surface area is 115 Å². The lowest BCUT2D eigenvalue weighted by atomic mass is 9.70. The lowest BCUT2D eigenvalue weighted by Gasteiger charge is -2.42. The van der Waals surface area contributed by atoms with E-state index in [2.05, 4.69) is 31.3 Å². The van der Waals surface area contributed by atoms with Crippen molar-refractivity contribution in [3.8, 4) is 0 Å². The third kappa shape index (κ3) is 2.75. The molecular formula is C16H24N2O. The van der Waals surface area contributed by atoms with E-state index in [0.717, 1.165) is 31.4 Å². The van der Waals surface area contributed by atoms with Crippen molar-refractivity contribution >= 4 is 11.6 Å². The fourth-order valence-electron chi connectivity index (χ4n) is 3.24. The highest BCUT2D eigenvalue weighted by atomic mass is 16.1. The SMILES string of the molecule is CCC1CCCCC1(Nc1ccc(C)cc1)C(N)=O. The predicted molar refractivity (Wildman–Crippen MR) is 79.0 cm³/mol. The van der Waals surface area contributed by atoms with Gasteiger partial charge in [0, 0.05) is 5.69 Å². The Bertz CT molecular complexity index is 441. The second kappa shape index (κ2) is 5.64. The van der Waals surface area contributed by atoms with Gasteiger partial charge in [0.15, 0.2) is 0 Å². The number of carbonyl (C=O) groups is 1. The average molecular weight is 260 g/mol. The van der Waals surface area contributed by atoms with Crippen LogP contribution in [0.25, 0.3) is 0 Å². The first-order valence-electron chi connectivity index (χ1n) is 7.23. The second-order valence-corrected chi connectivity index (χ2v) is 5.68. The minimum absolute atomic E-state index is 0.209. The highest BCUT2D eigenvalue weighted by Crippen LogP contribution is 2.38. The molecule has 19 heavy (non-hydrogen) atoms. The summed E-state index contributed by atoms with van der Waals surface area (Å²) in [6.45, 7) is 4.20. The van der Waals surface area contributed by atoms with E-state index in [0.29, 0.717) is 5.92 Å². The van der Waals surface area contributed by atoms with E-state index in [4.69, 9.17) is 5.73 Å². The van der Waals surface area contributed by atoms with Crippen LogP contribution in [0.4, 0.5) is 5.69 Å². The maximum Gasteiger partial charge on any atom is 0.243 e. The van der Waals surface area contributed by atoms with Crippen LogP contribution in [0.15, 0.2) is 24.3 Å². The number of carbonyl (C=O) groups excluding carboxylic acids is 1. The minimum Gasteiger partial charge on any atom is -0.371 e. The third-order valence-electron chi connectivity index (χ3n) is 4.42. The quantitative estimate of drug-likeness (QED) is 0.873. The number of nitrogens with one attached hydrogen (secondary N) is 1. The summed E-state index contributed by atoms with van der Waals surface area (Å²) in [6.07, 6.45) is 5.18. The molecule has 1 aliphatic carbocycles. The van der Waals surface area contributed by atoms with Crippen LogP contribution in [0.3, 0.4) is 0 Å².